The van der Waals surface area contributed by atoms with Crippen molar-refractivity contribution < 1.29 is 19.1 Å². The van der Waals surface area contributed by atoms with Crippen LogP contribution < -0.4 is 4.90 Å². The number of anilines is 1. The molecule has 0 spiro atoms. The van der Waals surface area contributed by atoms with Crippen LogP contribution in [-0.4, -0.2) is 17.8 Å². The van der Waals surface area contributed by atoms with Crippen LogP contribution in [0, 0.1) is 0 Å². The largest absolute Gasteiger partial charge is 0.449 e. The van der Waals surface area contributed by atoms with Crippen LogP contribution in [0.4, 0.5) is 5.69 Å². The Balaban J connectivity index is 1.39. The zero-order chi connectivity index (χ0) is 24.5. The molecule has 0 saturated heterocycles. The first-order chi connectivity index (χ1) is 16.9. The Kier molecular flexibility index (Phi) is 6.12. The van der Waals surface area contributed by atoms with E-state index in [0.717, 1.165) is 16.0 Å². The van der Waals surface area contributed by atoms with Gasteiger partial charge in [-0.25, -0.2) is 9.69 Å². The molecule has 0 saturated carbocycles. The molecule has 0 N–H and O–H groups in total. The molecule has 4 aromatic rings. The number of rotatable bonds is 5. The zero-order valence-corrected chi connectivity index (χ0v) is 19.7. The number of hydrogen-bond acceptors (Lipinski definition) is 4. The van der Waals surface area contributed by atoms with Gasteiger partial charge >= 0.3 is 5.97 Å². The van der Waals surface area contributed by atoms with Crippen LogP contribution >= 0.6 is 23.2 Å². The van der Waals surface area contributed by atoms with Crippen LogP contribution in [0.2, 0.25) is 10.0 Å². The van der Waals surface area contributed by atoms with Gasteiger partial charge in [-0.3, -0.25) is 9.59 Å². The Morgan fingerprint density at radius 2 is 1.14 bits per heavy atom. The highest BCUT2D eigenvalue weighted by Crippen LogP contribution is 2.34. The number of imide groups is 1. The third-order valence-electron chi connectivity index (χ3n) is 5.72. The molecular formula is C28H17Cl2NO4. The molecule has 2 amide bonds. The van der Waals surface area contributed by atoms with Gasteiger partial charge in [0, 0.05) is 0 Å². The van der Waals surface area contributed by atoms with Crippen molar-refractivity contribution in [1.82, 2.24) is 0 Å². The smallest absolute Gasteiger partial charge is 0.339 e. The first-order valence-electron chi connectivity index (χ1n) is 10.7. The van der Waals surface area contributed by atoms with Crippen molar-refractivity contribution in [1.29, 1.82) is 0 Å². The Hall–Kier alpha value is -3.93. The number of esters is 1. The van der Waals surface area contributed by atoms with Gasteiger partial charge in [0.25, 0.3) is 11.8 Å². The number of carbonyl (C=O) groups excluding carboxylic acids is 3. The molecule has 1 heterocycles. The van der Waals surface area contributed by atoms with Crippen LogP contribution in [0.15, 0.2) is 97.1 Å². The normalized spacial score (nSPS) is 12.7. The Labute approximate surface area is 211 Å². The van der Waals surface area contributed by atoms with E-state index in [1.165, 1.54) is 36.4 Å². The van der Waals surface area contributed by atoms with Crippen molar-refractivity contribution in [2.24, 2.45) is 0 Å². The predicted molar refractivity (Wildman–Crippen MR) is 134 cm³/mol. The molecule has 172 valence electrons. The van der Waals surface area contributed by atoms with Crippen LogP contribution in [0.5, 0.6) is 0 Å². The van der Waals surface area contributed by atoms with Gasteiger partial charge in [0.1, 0.15) is 0 Å². The fourth-order valence-corrected chi connectivity index (χ4v) is 4.30. The summed E-state index contributed by atoms with van der Waals surface area (Å²) >= 11 is 12.0. The number of halogens is 2. The third-order valence-corrected chi connectivity index (χ3v) is 6.44. The van der Waals surface area contributed by atoms with E-state index < -0.39 is 23.9 Å². The fourth-order valence-electron chi connectivity index (χ4n) is 3.97. The molecule has 0 aromatic heterocycles. The lowest BCUT2D eigenvalue weighted by Gasteiger charge is -2.19. The molecule has 1 aliphatic rings. The summed E-state index contributed by atoms with van der Waals surface area (Å²) in [6.07, 6.45) is -0.588. The van der Waals surface area contributed by atoms with Gasteiger partial charge in [0.05, 0.1) is 32.4 Å². The van der Waals surface area contributed by atoms with Crippen LogP contribution in [0.3, 0.4) is 0 Å². The van der Waals surface area contributed by atoms with Gasteiger partial charge in [-0.05, 0) is 47.5 Å². The summed E-state index contributed by atoms with van der Waals surface area (Å²) in [5, 5.41) is 0.385. The lowest BCUT2D eigenvalue weighted by molar-refractivity contribution is 0.0378. The third kappa shape index (κ3) is 4.32. The summed E-state index contributed by atoms with van der Waals surface area (Å²) < 4.78 is 5.88. The van der Waals surface area contributed by atoms with Crippen molar-refractivity contribution in [3.8, 4) is 0 Å². The average Bonchev–Trinajstić information content (AvgIpc) is 3.12. The lowest BCUT2D eigenvalue weighted by atomic mass is 10.0. The maximum atomic E-state index is 13.0. The van der Waals surface area contributed by atoms with E-state index in [1.807, 2.05) is 60.7 Å². The maximum Gasteiger partial charge on any atom is 0.339 e. The Morgan fingerprint density at radius 3 is 1.60 bits per heavy atom. The minimum absolute atomic E-state index is 0.182. The second kappa shape index (κ2) is 9.37. The first-order valence-corrected chi connectivity index (χ1v) is 11.5. The van der Waals surface area contributed by atoms with Crippen molar-refractivity contribution in [3.05, 3.63) is 135 Å². The summed E-state index contributed by atoms with van der Waals surface area (Å²) in [6, 6.07) is 27.8. The monoisotopic (exact) mass is 501 g/mol. The highest BCUT2D eigenvalue weighted by Gasteiger charge is 2.37. The SMILES string of the molecule is O=C(OC(c1ccccc1)c1ccccc1)c1ccc(N2C(=O)c3cc(Cl)c(Cl)cc3C2=O)cc1. The number of hydrogen-bond donors (Lipinski definition) is 0. The van der Waals surface area contributed by atoms with Crippen LogP contribution in [0.25, 0.3) is 0 Å². The van der Waals surface area contributed by atoms with Crippen LogP contribution in [-0.2, 0) is 4.74 Å². The van der Waals surface area contributed by atoms with Crippen molar-refractivity contribution in [3.63, 3.8) is 0 Å². The molecule has 0 bridgehead atoms. The van der Waals surface area contributed by atoms with E-state index in [9.17, 15) is 14.4 Å². The summed E-state index contributed by atoms with van der Waals surface area (Å²) in [5.74, 6) is -1.55. The van der Waals surface area contributed by atoms with E-state index in [1.54, 1.807) is 0 Å². The molecule has 0 radical (unpaired) electrons. The molecule has 1 aliphatic heterocycles. The molecule has 0 aliphatic carbocycles. The molecule has 35 heavy (non-hydrogen) atoms. The minimum atomic E-state index is -0.588. The molecule has 5 rings (SSSR count). The maximum absolute atomic E-state index is 13.0. The standard InChI is InChI=1S/C28H17Cl2NO4/c29-23-15-21-22(16-24(23)30)27(33)31(26(21)32)20-13-11-19(12-14-20)28(34)35-25(17-7-3-1-4-8-17)18-9-5-2-6-10-18/h1-16,25H. The highest BCUT2D eigenvalue weighted by atomic mass is 35.5. The zero-order valence-electron chi connectivity index (χ0n) is 18.2. The van der Waals surface area contributed by atoms with E-state index >= 15 is 0 Å². The van der Waals surface area contributed by atoms with Crippen molar-refractivity contribution >= 4 is 46.7 Å². The minimum Gasteiger partial charge on any atom is -0.449 e. The lowest BCUT2D eigenvalue weighted by Crippen LogP contribution is -2.29. The number of amides is 2. The van der Waals surface area contributed by atoms with Crippen LogP contribution in [0.1, 0.15) is 48.3 Å². The summed E-state index contributed by atoms with van der Waals surface area (Å²) in [4.78, 5) is 39.8. The summed E-state index contributed by atoms with van der Waals surface area (Å²) in [6.45, 7) is 0. The Morgan fingerprint density at radius 1 is 0.686 bits per heavy atom. The van der Waals surface area contributed by atoms with Gasteiger partial charge in [-0.2, -0.15) is 0 Å². The average molecular weight is 502 g/mol. The van der Waals surface area contributed by atoms with E-state index in [0.29, 0.717) is 5.69 Å². The fraction of sp³-hybridized carbons (Fsp3) is 0.0357. The number of benzene rings is 4. The summed E-state index contributed by atoms with van der Waals surface area (Å²) in [5.41, 5.74) is 2.65. The van der Waals surface area contributed by atoms with E-state index in [2.05, 4.69) is 0 Å². The van der Waals surface area contributed by atoms with Gasteiger partial charge in [-0.15, -0.1) is 0 Å². The highest BCUT2D eigenvalue weighted by molar-refractivity contribution is 6.44. The number of carbonyl (C=O) groups is 3. The van der Waals surface area contributed by atoms with Crippen molar-refractivity contribution in [2.75, 3.05) is 4.90 Å². The van der Waals surface area contributed by atoms with E-state index in [-0.39, 0.29) is 26.7 Å². The molecule has 0 atom stereocenters. The molecule has 7 heteroatoms. The van der Waals surface area contributed by atoms with Gasteiger partial charge in [0.2, 0.25) is 0 Å². The topological polar surface area (TPSA) is 63.7 Å². The van der Waals surface area contributed by atoms with Gasteiger partial charge < -0.3 is 4.74 Å². The molecule has 5 nitrogen and oxygen atoms in total. The summed E-state index contributed by atoms with van der Waals surface area (Å²) in [7, 11) is 0. The quantitative estimate of drug-likeness (QED) is 0.224. The number of fused-ring (bicyclic) bond motifs is 1. The van der Waals surface area contributed by atoms with Crippen molar-refractivity contribution in [2.45, 2.75) is 6.10 Å². The molecule has 4 aromatic carbocycles. The first kappa shape index (κ1) is 22.8. The second-order valence-corrected chi connectivity index (χ2v) is 8.73. The molecular weight excluding hydrogens is 485 g/mol. The number of nitrogens with zero attached hydrogens (tertiary/aromatic N) is 1. The molecule has 0 fully saturated rings. The predicted octanol–water partition coefficient (Wildman–Crippen LogP) is 6.74. The second-order valence-electron chi connectivity index (χ2n) is 7.91. The number of ether oxygens (including phenoxy) is 1. The van der Waals surface area contributed by atoms with Gasteiger partial charge in [-0.1, -0.05) is 83.9 Å². The van der Waals surface area contributed by atoms with E-state index in [4.69, 9.17) is 27.9 Å². The Bertz CT molecular complexity index is 1360. The van der Waals surface area contributed by atoms with Gasteiger partial charge in [0.15, 0.2) is 6.10 Å². The molecule has 0 unspecified atom stereocenters.